The van der Waals surface area contributed by atoms with Crippen LogP contribution >= 0.6 is 0 Å². The Morgan fingerprint density at radius 3 is 2.95 bits per heavy atom. The van der Waals surface area contributed by atoms with Gasteiger partial charge in [-0.15, -0.1) is 0 Å². The SMILES string of the molecule is CC1(CO)Cc2cc(N)c(N3CC4OC[C@H]43)cc2O1. The normalized spacial score (nSPS) is 34.9. The van der Waals surface area contributed by atoms with Crippen LogP contribution in [0.1, 0.15) is 12.5 Å². The van der Waals surface area contributed by atoms with E-state index < -0.39 is 5.60 Å². The molecule has 2 unspecified atom stereocenters. The van der Waals surface area contributed by atoms with Crippen molar-refractivity contribution in [3.63, 3.8) is 0 Å². The van der Waals surface area contributed by atoms with Crippen molar-refractivity contribution in [1.29, 1.82) is 0 Å². The van der Waals surface area contributed by atoms with Gasteiger partial charge in [0.1, 0.15) is 11.4 Å². The molecule has 0 aromatic heterocycles. The topological polar surface area (TPSA) is 68.0 Å². The third kappa shape index (κ3) is 1.48. The lowest BCUT2D eigenvalue weighted by Gasteiger charge is -2.56. The predicted octanol–water partition coefficient (Wildman–Crippen LogP) is 0.542. The monoisotopic (exact) mass is 262 g/mol. The highest BCUT2D eigenvalue weighted by atomic mass is 16.5. The minimum Gasteiger partial charge on any atom is -0.484 e. The Hall–Kier alpha value is -1.46. The lowest BCUT2D eigenvalue weighted by atomic mass is 9.92. The molecule has 4 rings (SSSR count). The molecule has 3 N–H and O–H groups in total. The number of nitrogens with two attached hydrogens (primary N) is 1. The molecule has 102 valence electrons. The summed E-state index contributed by atoms with van der Waals surface area (Å²) in [5.41, 5.74) is 8.56. The van der Waals surface area contributed by atoms with E-state index in [-0.39, 0.29) is 6.61 Å². The molecule has 1 aromatic rings. The van der Waals surface area contributed by atoms with Crippen LogP contribution in [0.25, 0.3) is 0 Å². The van der Waals surface area contributed by atoms with E-state index in [9.17, 15) is 5.11 Å². The van der Waals surface area contributed by atoms with Crippen LogP contribution in [0.2, 0.25) is 0 Å². The Morgan fingerprint density at radius 1 is 1.53 bits per heavy atom. The number of nitrogens with zero attached hydrogens (tertiary/aromatic N) is 1. The number of fused-ring (bicyclic) bond motifs is 2. The maximum atomic E-state index is 9.41. The summed E-state index contributed by atoms with van der Waals surface area (Å²) in [7, 11) is 0. The largest absolute Gasteiger partial charge is 0.484 e. The van der Waals surface area contributed by atoms with Crippen LogP contribution in [-0.2, 0) is 11.2 Å². The molecule has 2 saturated heterocycles. The van der Waals surface area contributed by atoms with E-state index in [0.717, 1.165) is 35.8 Å². The molecule has 2 fully saturated rings. The molecule has 3 atom stereocenters. The molecule has 0 bridgehead atoms. The molecule has 3 aliphatic heterocycles. The van der Waals surface area contributed by atoms with Crippen molar-refractivity contribution in [2.24, 2.45) is 0 Å². The minimum absolute atomic E-state index is 0.0131. The summed E-state index contributed by atoms with van der Waals surface area (Å²) >= 11 is 0. The molecule has 0 radical (unpaired) electrons. The lowest BCUT2D eigenvalue weighted by molar-refractivity contribution is -0.113. The van der Waals surface area contributed by atoms with E-state index in [1.165, 1.54) is 0 Å². The van der Waals surface area contributed by atoms with Gasteiger partial charge in [0.25, 0.3) is 0 Å². The third-order valence-corrected chi connectivity index (χ3v) is 4.46. The Balaban J connectivity index is 1.66. The summed E-state index contributed by atoms with van der Waals surface area (Å²) in [5, 5.41) is 9.41. The molecule has 5 heteroatoms. The number of aliphatic hydroxyl groups excluding tert-OH is 1. The lowest BCUT2D eigenvalue weighted by Crippen LogP contribution is -2.71. The Morgan fingerprint density at radius 2 is 2.37 bits per heavy atom. The van der Waals surface area contributed by atoms with Gasteiger partial charge in [0.15, 0.2) is 0 Å². The molecule has 3 heterocycles. The number of aliphatic hydroxyl groups is 1. The first-order valence-electron chi connectivity index (χ1n) is 6.70. The Labute approximate surface area is 111 Å². The van der Waals surface area contributed by atoms with Gasteiger partial charge in [-0.25, -0.2) is 0 Å². The highest BCUT2D eigenvalue weighted by molar-refractivity contribution is 5.74. The standard InChI is InChI=1S/C14H18N2O3/c1-14(7-17)4-8-2-9(15)10(3-12(8)19-14)16-5-13-11(16)6-18-13/h2-3,11,13,17H,4-7,15H2,1H3/t11-,13?,14?/m1/s1. The first-order chi connectivity index (χ1) is 9.09. The van der Waals surface area contributed by atoms with Crippen molar-refractivity contribution >= 4 is 11.4 Å². The zero-order valence-corrected chi connectivity index (χ0v) is 10.9. The van der Waals surface area contributed by atoms with Crippen LogP contribution in [0.4, 0.5) is 11.4 Å². The van der Waals surface area contributed by atoms with Gasteiger partial charge < -0.3 is 25.2 Å². The number of morpholine rings is 1. The van der Waals surface area contributed by atoms with Gasteiger partial charge in [-0.1, -0.05) is 0 Å². The average Bonchev–Trinajstić information content (AvgIpc) is 2.68. The first-order valence-corrected chi connectivity index (χ1v) is 6.70. The fourth-order valence-corrected chi connectivity index (χ4v) is 3.16. The number of nitrogen functional groups attached to an aromatic ring is 1. The highest BCUT2D eigenvalue weighted by Gasteiger charge is 2.48. The Kier molecular flexibility index (Phi) is 2.13. The van der Waals surface area contributed by atoms with Crippen molar-refractivity contribution in [3.05, 3.63) is 17.7 Å². The number of hydrogen-bond acceptors (Lipinski definition) is 5. The molecule has 5 nitrogen and oxygen atoms in total. The van der Waals surface area contributed by atoms with E-state index in [1.807, 2.05) is 19.1 Å². The van der Waals surface area contributed by atoms with Crippen LogP contribution in [0.5, 0.6) is 5.75 Å². The quantitative estimate of drug-likeness (QED) is 0.762. The molecule has 0 spiro atoms. The van der Waals surface area contributed by atoms with Gasteiger partial charge >= 0.3 is 0 Å². The maximum Gasteiger partial charge on any atom is 0.133 e. The molecule has 3 aliphatic rings. The zero-order valence-electron chi connectivity index (χ0n) is 10.9. The van der Waals surface area contributed by atoms with E-state index >= 15 is 0 Å². The van der Waals surface area contributed by atoms with Crippen molar-refractivity contribution in [3.8, 4) is 5.75 Å². The highest BCUT2D eigenvalue weighted by Crippen LogP contribution is 2.44. The second-order valence-electron chi connectivity index (χ2n) is 6.00. The number of hydrogen-bond donors (Lipinski definition) is 2. The van der Waals surface area contributed by atoms with E-state index in [0.29, 0.717) is 18.6 Å². The smallest absolute Gasteiger partial charge is 0.133 e. The van der Waals surface area contributed by atoms with Crippen LogP contribution in [0.3, 0.4) is 0 Å². The van der Waals surface area contributed by atoms with Crippen molar-refractivity contribution < 1.29 is 14.6 Å². The van der Waals surface area contributed by atoms with Crippen LogP contribution in [0, 0.1) is 0 Å². The van der Waals surface area contributed by atoms with Gasteiger partial charge in [0.05, 0.1) is 36.7 Å². The summed E-state index contributed by atoms with van der Waals surface area (Å²) in [4.78, 5) is 2.28. The first kappa shape index (κ1) is 11.4. The zero-order chi connectivity index (χ0) is 13.2. The fourth-order valence-electron chi connectivity index (χ4n) is 3.16. The minimum atomic E-state index is -0.509. The average molecular weight is 262 g/mol. The van der Waals surface area contributed by atoms with Crippen molar-refractivity contribution in [2.45, 2.75) is 31.1 Å². The van der Waals surface area contributed by atoms with Gasteiger partial charge in [-0.2, -0.15) is 0 Å². The molecular weight excluding hydrogens is 244 g/mol. The van der Waals surface area contributed by atoms with Gasteiger partial charge in [-0.05, 0) is 13.0 Å². The van der Waals surface area contributed by atoms with Gasteiger partial charge in [-0.3, -0.25) is 0 Å². The summed E-state index contributed by atoms with van der Waals surface area (Å²) in [6, 6.07) is 4.48. The van der Waals surface area contributed by atoms with Gasteiger partial charge in [0, 0.05) is 24.6 Å². The van der Waals surface area contributed by atoms with Crippen molar-refractivity contribution in [1.82, 2.24) is 0 Å². The van der Waals surface area contributed by atoms with E-state index in [1.54, 1.807) is 0 Å². The Bertz CT molecular complexity index is 548. The number of ether oxygens (including phenoxy) is 2. The van der Waals surface area contributed by atoms with Crippen molar-refractivity contribution in [2.75, 3.05) is 30.4 Å². The summed E-state index contributed by atoms with van der Waals surface area (Å²) in [6.45, 7) is 3.63. The third-order valence-electron chi connectivity index (χ3n) is 4.46. The maximum absolute atomic E-state index is 9.41. The molecule has 0 saturated carbocycles. The summed E-state index contributed by atoms with van der Waals surface area (Å²) in [5.74, 6) is 0.851. The van der Waals surface area contributed by atoms with E-state index in [2.05, 4.69) is 4.90 Å². The number of anilines is 2. The summed E-state index contributed by atoms with van der Waals surface area (Å²) < 4.78 is 11.3. The number of benzene rings is 1. The van der Waals surface area contributed by atoms with Crippen LogP contribution < -0.4 is 15.4 Å². The van der Waals surface area contributed by atoms with E-state index in [4.69, 9.17) is 15.2 Å². The molecule has 19 heavy (non-hydrogen) atoms. The van der Waals surface area contributed by atoms with Gasteiger partial charge in [0.2, 0.25) is 0 Å². The van der Waals surface area contributed by atoms with Crippen LogP contribution in [0.15, 0.2) is 12.1 Å². The number of rotatable bonds is 2. The summed E-state index contributed by atoms with van der Waals surface area (Å²) in [6.07, 6.45) is 1.09. The fraction of sp³-hybridized carbons (Fsp3) is 0.571. The molecular formula is C14H18N2O3. The van der Waals surface area contributed by atoms with Crippen LogP contribution in [-0.4, -0.2) is 42.6 Å². The molecule has 0 aliphatic carbocycles. The molecule has 0 amide bonds. The predicted molar refractivity (Wildman–Crippen MR) is 71.6 cm³/mol. The second kappa shape index (κ2) is 3.55. The second-order valence-corrected chi connectivity index (χ2v) is 6.00. The molecule has 1 aromatic carbocycles.